The molecule has 0 aliphatic rings. The summed E-state index contributed by atoms with van der Waals surface area (Å²) in [5.74, 6) is -4.92. The molecule has 0 aromatic heterocycles. The normalized spacial score (nSPS) is 14.9. The number of carbonyl (C=O) groups is 3. The number of carbonyl (C=O) groups excluding carboxylic acids is 1. The Hall–Kier alpha value is -1.63. The van der Waals surface area contributed by atoms with E-state index in [1.54, 1.807) is 6.92 Å². The number of aliphatic carboxylic acids is 3. The molecule has 0 saturated carbocycles. The van der Waals surface area contributed by atoms with E-state index in [0.717, 1.165) is 19.3 Å². The van der Waals surface area contributed by atoms with Crippen LogP contribution in [0.5, 0.6) is 0 Å². The molecule has 0 aliphatic heterocycles. The van der Waals surface area contributed by atoms with Gasteiger partial charge in [-0.15, -0.1) is 0 Å². The van der Waals surface area contributed by atoms with Gasteiger partial charge in [-0.3, -0.25) is 9.59 Å². The molecule has 0 radical (unpaired) electrons. The van der Waals surface area contributed by atoms with Gasteiger partial charge in [-0.1, -0.05) is 156 Å². The van der Waals surface area contributed by atoms with Gasteiger partial charge < -0.3 is 24.6 Å². The lowest BCUT2D eigenvalue weighted by Gasteiger charge is -2.44. The molecule has 0 aromatic rings. The van der Waals surface area contributed by atoms with E-state index in [2.05, 4.69) is 6.92 Å². The van der Waals surface area contributed by atoms with Gasteiger partial charge in [0.2, 0.25) is 0 Å². The molecule has 3 unspecified atom stereocenters. The predicted octanol–water partition coefficient (Wildman–Crippen LogP) is 9.40. The van der Waals surface area contributed by atoms with Crippen LogP contribution in [0, 0.1) is 17.8 Å². The van der Waals surface area contributed by atoms with Crippen LogP contribution < -0.4 is 5.11 Å². The first-order valence-corrected chi connectivity index (χ1v) is 19.7. The quantitative estimate of drug-likeness (QED) is 0.0520. The molecule has 3 atom stereocenters. The average Bonchev–Trinajstić information content (AvgIpc) is 3.03. The molecule has 272 valence electrons. The highest BCUT2D eigenvalue weighted by Gasteiger charge is 2.39. The van der Waals surface area contributed by atoms with Gasteiger partial charge in [0.05, 0.1) is 32.1 Å². The number of hydrogen-bond donors (Lipinski definition) is 2. The van der Waals surface area contributed by atoms with Crippen molar-refractivity contribution in [2.24, 2.45) is 17.8 Å². The molecule has 2 N–H and O–H groups in total. The minimum Gasteiger partial charge on any atom is -0.550 e. The van der Waals surface area contributed by atoms with Crippen molar-refractivity contribution in [3.05, 3.63) is 0 Å². The summed E-state index contributed by atoms with van der Waals surface area (Å²) in [6, 6.07) is 0. The summed E-state index contributed by atoms with van der Waals surface area (Å²) in [4.78, 5) is 35.9. The van der Waals surface area contributed by atoms with Crippen LogP contribution in [0.3, 0.4) is 0 Å². The van der Waals surface area contributed by atoms with Crippen LogP contribution in [0.1, 0.15) is 188 Å². The van der Waals surface area contributed by atoms with Crippen LogP contribution in [-0.2, 0) is 14.4 Å². The van der Waals surface area contributed by atoms with Gasteiger partial charge in [0, 0.05) is 5.92 Å². The fourth-order valence-corrected chi connectivity index (χ4v) is 7.09. The second kappa shape index (κ2) is 29.5. The second-order valence-electron chi connectivity index (χ2n) is 14.3. The average molecular weight is 654 g/mol. The van der Waals surface area contributed by atoms with Crippen LogP contribution >= 0.6 is 0 Å². The van der Waals surface area contributed by atoms with E-state index >= 15 is 0 Å². The molecule has 0 amide bonds. The Labute approximate surface area is 283 Å². The lowest BCUT2D eigenvalue weighted by Crippen LogP contribution is -2.59. The van der Waals surface area contributed by atoms with Crippen molar-refractivity contribution in [1.29, 1.82) is 0 Å². The molecule has 0 bridgehead atoms. The minimum atomic E-state index is -1.13. The third kappa shape index (κ3) is 22.8. The van der Waals surface area contributed by atoms with Gasteiger partial charge in [-0.25, -0.2) is 0 Å². The number of carboxylic acid groups (broad SMARTS) is 3. The van der Waals surface area contributed by atoms with Crippen molar-refractivity contribution in [2.45, 2.75) is 188 Å². The summed E-state index contributed by atoms with van der Waals surface area (Å²) >= 11 is 0. The molecule has 0 spiro atoms. The van der Waals surface area contributed by atoms with Crippen LogP contribution in [0.25, 0.3) is 0 Å². The third-order valence-corrected chi connectivity index (χ3v) is 10.3. The zero-order chi connectivity index (χ0) is 34.5. The smallest absolute Gasteiger partial charge is 0.312 e. The Kier molecular flexibility index (Phi) is 28.5. The number of nitrogens with zero attached hydrogens (tertiary/aromatic N) is 1. The maximum absolute atomic E-state index is 12.0. The first-order valence-electron chi connectivity index (χ1n) is 19.7. The summed E-state index contributed by atoms with van der Waals surface area (Å²) in [6.07, 6.45) is 30.1. The summed E-state index contributed by atoms with van der Waals surface area (Å²) in [6.45, 7) is 9.10. The van der Waals surface area contributed by atoms with Crippen molar-refractivity contribution in [2.75, 3.05) is 26.2 Å². The van der Waals surface area contributed by atoms with Gasteiger partial charge in [0.25, 0.3) is 0 Å². The van der Waals surface area contributed by atoms with Gasteiger partial charge >= 0.3 is 11.9 Å². The Morgan fingerprint density at radius 1 is 0.457 bits per heavy atom. The second-order valence-corrected chi connectivity index (χ2v) is 14.3. The molecule has 0 aromatic carbocycles. The number of quaternary nitrogens is 1. The highest BCUT2D eigenvalue weighted by Crippen LogP contribution is 2.25. The van der Waals surface area contributed by atoms with Crippen molar-refractivity contribution < 1.29 is 34.2 Å². The molecular formula is C39H75NO6. The fourth-order valence-electron chi connectivity index (χ4n) is 7.09. The molecular weight excluding hydrogens is 578 g/mol. The van der Waals surface area contributed by atoms with Gasteiger partial charge in [-0.05, 0) is 32.1 Å². The van der Waals surface area contributed by atoms with Gasteiger partial charge in [0.1, 0.15) is 11.8 Å². The number of unbranched alkanes of at least 4 members (excludes halogenated alkanes) is 21. The maximum atomic E-state index is 12.0. The summed E-state index contributed by atoms with van der Waals surface area (Å²) < 4.78 is 0.224. The highest BCUT2D eigenvalue weighted by molar-refractivity contribution is 5.70. The first kappa shape index (κ1) is 44.4. The van der Waals surface area contributed by atoms with Crippen LogP contribution in [0.2, 0.25) is 0 Å². The molecule has 0 fully saturated rings. The number of carboxylic acids is 3. The zero-order valence-electron chi connectivity index (χ0n) is 30.7. The molecule has 0 aliphatic carbocycles. The van der Waals surface area contributed by atoms with Crippen LogP contribution in [0.15, 0.2) is 0 Å². The molecule has 46 heavy (non-hydrogen) atoms. The largest absolute Gasteiger partial charge is 0.550 e. The lowest BCUT2D eigenvalue weighted by molar-refractivity contribution is -0.935. The van der Waals surface area contributed by atoms with Crippen molar-refractivity contribution >= 4 is 17.9 Å². The first-order chi connectivity index (χ1) is 22.2. The Bertz CT molecular complexity index is 697. The van der Waals surface area contributed by atoms with E-state index in [4.69, 9.17) is 0 Å². The standard InChI is InChI=1S/C39H75NO6/c1-5-9-10-11-12-13-14-15-16-17-18-19-20-21-22-23-24-25-26-27-28-29-30-40(31-34(6-2)37(41)42,32-35(7-3)38(43)44)33-36(8-4)39(45)46/h34-36H,5-33H2,1-4H3,(H2-,41,42,43,44,45,46). The minimum absolute atomic E-state index is 0.224. The maximum Gasteiger partial charge on any atom is 0.312 e. The van der Waals surface area contributed by atoms with E-state index in [1.807, 2.05) is 13.8 Å². The van der Waals surface area contributed by atoms with Crippen molar-refractivity contribution in [3.63, 3.8) is 0 Å². The molecule has 0 rings (SSSR count). The van der Waals surface area contributed by atoms with E-state index in [9.17, 15) is 29.7 Å². The zero-order valence-corrected chi connectivity index (χ0v) is 30.7. The molecule has 7 nitrogen and oxygen atoms in total. The SMILES string of the molecule is CCCCCCCCCCCCCCCCCCCCCCCC[N+](CC(CC)C(=O)[O-])(CC(CC)C(=O)O)CC(CC)C(=O)O. The van der Waals surface area contributed by atoms with Crippen LogP contribution in [0.4, 0.5) is 0 Å². The molecule has 7 heteroatoms. The highest BCUT2D eigenvalue weighted by atomic mass is 16.4. The Morgan fingerprint density at radius 3 is 0.957 bits per heavy atom. The van der Waals surface area contributed by atoms with E-state index in [0.29, 0.717) is 25.8 Å². The molecule has 0 heterocycles. The monoisotopic (exact) mass is 654 g/mol. The van der Waals surface area contributed by atoms with Crippen molar-refractivity contribution in [1.82, 2.24) is 0 Å². The lowest BCUT2D eigenvalue weighted by atomic mass is 9.95. The molecule has 0 saturated heterocycles. The fraction of sp³-hybridized carbons (Fsp3) is 0.923. The third-order valence-electron chi connectivity index (χ3n) is 10.3. The van der Waals surface area contributed by atoms with E-state index < -0.39 is 35.7 Å². The Balaban J connectivity index is 4.38. The number of rotatable bonds is 35. The van der Waals surface area contributed by atoms with Crippen LogP contribution in [-0.4, -0.2) is 58.8 Å². The number of hydrogen-bond acceptors (Lipinski definition) is 4. The van der Waals surface area contributed by atoms with E-state index in [-0.39, 0.29) is 24.1 Å². The Morgan fingerprint density at radius 2 is 0.717 bits per heavy atom. The summed E-state index contributed by atoms with van der Waals surface area (Å²) in [5.41, 5.74) is 0. The summed E-state index contributed by atoms with van der Waals surface area (Å²) in [5, 5.41) is 31.6. The predicted molar refractivity (Wildman–Crippen MR) is 189 cm³/mol. The van der Waals surface area contributed by atoms with Gasteiger partial charge in [0.15, 0.2) is 0 Å². The van der Waals surface area contributed by atoms with E-state index in [1.165, 1.54) is 122 Å². The summed E-state index contributed by atoms with van der Waals surface area (Å²) in [7, 11) is 0. The van der Waals surface area contributed by atoms with Crippen molar-refractivity contribution in [3.8, 4) is 0 Å². The van der Waals surface area contributed by atoms with Gasteiger partial charge in [-0.2, -0.15) is 0 Å². The topological polar surface area (TPSA) is 115 Å².